The van der Waals surface area contributed by atoms with Crippen molar-refractivity contribution in [3.63, 3.8) is 0 Å². The van der Waals surface area contributed by atoms with E-state index in [2.05, 4.69) is 17.4 Å². The van der Waals surface area contributed by atoms with Gasteiger partial charge in [0.25, 0.3) is 0 Å². The summed E-state index contributed by atoms with van der Waals surface area (Å²) in [5.74, 6) is -0.0271. The average Bonchev–Trinajstić information content (AvgIpc) is 3.36. The number of aromatic nitrogens is 3. The normalized spacial score (nSPS) is 10.9. The summed E-state index contributed by atoms with van der Waals surface area (Å²) in [6.45, 7) is 3.56. The van der Waals surface area contributed by atoms with Gasteiger partial charge >= 0.3 is 4.87 Å². The predicted octanol–water partition coefficient (Wildman–Crippen LogP) is 4.23. The van der Waals surface area contributed by atoms with Gasteiger partial charge in [0.05, 0.1) is 12.2 Å². The van der Waals surface area contributed by atoms with Crippen molar-refractivity contribution in [2.75, 3.05) is 0 Å². The van der Waals surface area contributed by atoms with Gasteiger partial charge in [-0.25, -0.2) is 0 Å². The van der Waals surface area contributed by atoms with E-state index in [1.54, 1.807) is 4.57 Å². The molecule has 0 radical (unpaired) electrons. The van der Waals surface area contributed by atoms with Gasteiger partial charge in [-0.3, -0.25) is 14.3 Å². The highest BCUT2D eigenvalue weighted by molar-refractivity contribution is 7.07. The third kappa shape index (κ3) is 5.42. The van der Waals surface area contributed by atoms with Gasteiger partial charge in [-0.1, -0.05) is 72.0 Å². The van der Waals surface area contributed by atoms with Crippen LogP contribution in [0.1, 0.15) is 29.7 Å². The summed E-state index contributed by atoms with van der Waals surface area (Å²) >= 11 is 1.20. The van der Waals surface area contributed by atoms with Gasteiger partial charge in [-0.2, -0.15) is 5.10 Å². The van der Waals surface area contributed by atoms with E-state index >= 15 is 0 Å². The first kappa shape index (κ1) is 21.8. The van der Waals surface area contributed by atoms with E-state index in [4.69, 9.17) is 5.10 Å². The molecular weight excluding hydrogens is 420 g/mol. The van der Waals surface area contributed by atoms with Crippen molar-refractivity contribution in [2.45, 2.75) is 39.4 Å². The molecule has 0 saturated carbocycles. The number of benzene rings is 2. The second kappa shape index (κ2) is 10.2. The number of hydrogen-bond donors (Lipinski definition) is 1. The summed E-state index contributed by atoms with van der Waals surface area (Å²) in [5, 5.41) is 9.66. The minimum absolute atomic E-state index is 0.0271. The maximum Gasteiger partial charge on any atom is 0.307 e. The van der Waals surface area contributed by atoms with E-state index in [-0.39, 0.29) is 10.8 Å². The summed E-state index contributed by atoms with van der Waals surface area (Å²) in [5.41, 5.74) is 4.99. The van der Waals surface area contributed by atoms with Crippen LogP contribution in [0.15, 0.2) is 77.0 Å². The number of nitrogens with one attached hydrogen (secondary N) is 1. The first-order valence-electron chi connectivity index (χ1n) is 10.7. The predicted molar refractivity (Wildman–Crippen MR) is 128 cm³/mol. The Morgan fingerprint density at radius 3 is 2.47 bits per heavy atom. The zero-order valence-electron chi connectivity index (χ0n) is 18.0. The second-order valence-electron chi connectivity index (χ2n) is 7.73. The second-order valence-corrected chi connectivity index (χ2v) is 8.55. The number of carbonyl (C=O) groups is 1. The van der Waals surface area contributed by atoms with Crippen LogP contribution in [0.4, 0.5) is 0 Å². The summed E-state index contributed by atoms with van der Waals surface area (Å²) in [4.78, 5) is 24.3. The van der Waals surface area contributed by atoms with Crippen molar-refractivity contribution in [3.05, 3.63) is 98.7 Å². The van der Waals surface area contributed by atoms with Crippen molar-refractivity contribution in [1.29, 1.82) is 0 Å². The Balaban J connectivity index is 1.41. The summed E-state index contributed by atoms with van der Waals surface area (Å²) in [6, 6.07) is 20.2. The number of carbonyl (C=O) groups excluding carboxylic acids is 1. The lowest BCUT2D eigenvalue weighted by Gasteiger charge is -2.07. The lowest BCUT2D eigenvalue weighted by atomic mass is 10.1. The largest absolute Gasteiger partial charge is 0.352 e. The molecule has 0 saturated heterocycles. The van der Waals surface area contributed by atoms with Gasteiger partial charge in [0.2, 0.25) is 5.91 Å². The van der Waals surface area contributed by atoms with E-state index in [9.17, 15) is 9.59 Å². The SMILES string of the molecule is Cc1csc(=O)n1CCCC(=O)NCc1cn(Cc2ccccc2)nc1-c1ccccc1. The molecule has 32 heavy (non-hydrogen) atoms. The van der Waals surface area contributed by atoms with Crippen LogP contribution in [0.5, 0.6) is 0 Å². The van der Waals surface area contributed by atoms with Gasteiger partial charge in [0, 0.05) is 47.9 Å². The van der Waals surface area contributed by atoms with Gasteiger partial charge in [-0.05, 0) is 18.9 Å². The molecule has 0 aliphatic heterocycles. The molecule has 0 fully saturated rings. The van der Waals surface area contributed by atoms with Gasteiger partial charge in [-0.15, -0.1) is 0 Å². The standard InChI is InChI=1S/C25H26N4O2S/c1-19-18-32-25(31)29(19)14-8-13-23(30)26-15-22-17-28(16-20-9-4-2-5-10-20)27-24(22)21-11-6-3-7-12-21/h2-7,9-12,17-18H,8,13-16H2,1H3,(H,26,30). The quantitative estimate of drug-likeness (QED) is 0.418. The molecule has 0 spiro atoms. The average molecular weight is 447 g/mol. The number of aryl methyl sites for hydroxylation is 1. The van der Waals surface area contributed by atoms with Crippen LogP contribution < -0.4 is 10.2 Å². The Labute approximate surface area is 191 Å². The highest BCUT2D eigenvalue weighted by Gasteiger charge is 2.13. The fourth-order valence-electron chi connectivity index (χ4n) is 3.64. The highest BCUT2D eigenvalue weighted by Crippen LogP contribution is 2.22. The molecule has 4 aromatic rings. The molecule has 1 amide bonds. The van der Waals surface area contributed by atoms with E-state index in [1.807, 2.05) is 71.7 Å². The van der Waals surface area contributed by atoms with Crippen LogP contribution >= 0.6 is 11.3 Å². The minimum atomic E-state index is -0.0271. The zero-order chi connectivity index (χ0) is 22.3. The van der Waals surface area contributed by atoms with E-state index in [0.29, 0.717) is 32.5 Å². The fraction of sp³-hybridized carbons (Fsp3) is 0.240. The van der Waals surface area contributed by atoms with Gasteiger partial charge < -0.3 is 9.88 Å². The number of nitrogens with zero attached hydrogens (tertiary/aromatic N) is 3. The maximum atomic E-state index is 12.4. The Bertz CT molecular complexity index is 1230. The Morgan fingerprint density at radius 1 is 1.06 bits per heavy atom. The van der Waals surface area contributed by atoms with Crippen molar-refractivity contribution >= 4 is 17.2 Å². The van der Waals surface area contributed by atoms with Crippen molar-refractivity contribution < 1.29 is 4.79 Å². The van der Waals surface area contributed by atoms with Crippen LogP contribution in [0.3, 0.4) is 0 Å². The minimum Gasteiger partial charge on any atom is -0.352 e. The molecule has 2 aromatic carbocycles. The summed E-state index contributed by atoms with van der Waals surface area (Å²) in [7, 11) is 0. The molecule has 0 unspecified atom stereocenters. The molecule has 0 atom stereocenters. The number of thiazole rings is 1. The smallest absolute Gasteiger partial charge is 0.307 e. The molecule has 2 aromatic heterocycles. The lowest BCUT2D eigenvalue weighted by Crippen LogP contribution is -2.23. The van der Waals surface area contributed by atoms with Crippen molar-refractivity contribution in [1.82, 2.24) is 19.7 Å². The Kier molecular flexibility index (Phi) is 6.97. The lowest BCUT2D eigenvalue weighted by molar-refractivity contribution is -0.121. The summed E-state index contributed by atoms with van der Waals surface area (Å²) < 4.78 is 3.64. The van der Waals surface area contributed by atoms with Crippen LogP contribution in [0.25, 0.3) is 11.3 Å². The van der Waals surface area contributed by atoms with E-state index in [0.717, 1.165) is 22.5 Å². The molecule has 2 heterocycles. The Hall–Kier alpha value is -3.45. The van der Waals surface area contributed by atoms with Gasteiger partial charge in [0.1, 0.15) is 0 Å². The third-order valence-corrected chi connectivity index (χ3v) is 6.19. The molecule has 0 bridgehead atoms. The molecule has 0 aliphatic rings. The molecule has 4 rings (SSSR count). The molecule has 1 N–H and O–H groups in total. The highest BCUT2D eigenvalue weighted by atomic mass is 32.1. The number of hydrogen-bond acceptors (Lipinski definition) is 4. The van der Waals surface area contributed by atoms with Crippen molar-refractivity contribution in [2.24, 2.45) is 0 Å². The molecule has 6 nitrogen and oxygen atoms in total. The fourth-order valence-corrected chi connectivity index (χ4v) is 4.40. The van der Waals surface area contributed by atoms with Crippen molar-refractivity contribution in [3.8, 4) is 11.3 Å². The first-order valence-corrected chi connectivity index (χ1v) is 11.6. The Morgan fingerprint density at radius 2 is 1.78 bits per heavy atom. The number of rotatable bonds is 9. The van der Waals surface area contributed by atoms with Gasteiger partial charge in [0.15, 0.2) is 0 Å². The first-order chi connectivity index (χ1) is 15.6. The molecule has 7 heteroatoms. The maximum absolute atomic E-state index is 12.4. The number of amides is 1. The van der Waals surface area contributed by atoms with Crippen LogP contribution in [0.2, 0.25) is 0 Å². The van der Waals surface area contributed by atoms with E-state index < -0.39 is 0 Å². The van der Waals surface area contributed by atoms with Crippen LogP contribution in [-0.4, -0.2) is 20.3 Å². The topological polar surface area (TPSA) is 68.9 Å². The molecule has 0 aliphatic carbocycles. The summed E-state index contributed by atoms with van der Waals surface area (Å²) in [6.07, 6.45) is 3.01. The van der Waals surface area contributed by atoms with Crippen LogP contribution in [0, 0.1) is 6.92 Å². The van der Waals surface area contributed by atoms with Crippen LogP contribution in [-0.2, 0) is 24.4 Å². The third-order valence-electron chi connectivity index (χ3n) is 5.31. The zero-order valence-corrected chi connectivity index (χ0v) is 18.8. The van der Waals surface area contributed by atoms with E-state index in [1.165, 1.54) is 16.9 Å². The molecule has 164 valence electrons. The molecular formula is C25H26N4O2S. The monoisotopic (exact) mass is 446 g/mol.